The molecule has 1 fully saturated rings. The molecule has 28 heavy (non-hydrogen) atoms. The van der Waals surface area contributed by atoms with Crippen molar-refractivity contribution in [3.05, 3.63) is 58.7 Å². The molecule has 0 unspecified atom stereocenters. The molecule has 2 aliphatic carbocycles. The second-order valence-electron chi connectivity index (χ2n) is 7.40. The van der Waals surface area contributed by atoms with Crippen molar-refractivity contribution in [1.29, 1.82) is 0 Å². The van der Waals surface area contributed by atoms with Crippen molar-refractivity contribution < 1.29 is 13.9 Å². The number of amides is 1. The number of ether oxygens (including phenoxy) is 1. The van der Waals surface area contributed by atoms with Crippen LogP contribution in [0.2, 0.25) is 0 Å². The fourth-order valence-corrected chi connectivity index (χ4v) is 4.15. The monoisotopic (exact) mass is 383 g/mol. The molecule has 2 bridgehead atoms. The smallest absolute Gasteiger partial charge is 0.267 e. The highest BCUT2D eigenvalue weighted by molar-refractivity contribution is 5.75. The van der Waals surface area contributed by atoms with Gasteiger partial charge in [-0.1, -0.05) is 12.2 Å². The number of halogens is 1. The van der Waals surface area contributed by atoms with Gasteiger partial charge in [0.2, 0.25) is 5.91 Å². The van der Waals surface area contributed by atoms with Crippen molar-refractivity contribution in [2.75, 3.05) is 13.7 Å². The summed E-state index contributed by atoms with van der Waals surface area (Å²) in [5, 5.41) is 7.20. The predicted octanol–water partition coefficient (Wildman–Crippen LogP) is 2.39. The molecule has 0 spiro atoms. The molecule has 1 amide bonds. The van der Waals surface area contributed by atoms with Gasteiger partial charge in [-0.3, -0.25) is 9.59 Å². The molecule has 146 valence electrons. The van der Waals surface area contributed by atoms with Crippen LogP contribution in [-0.4, -0.2) is 29.3 Å². The summed E-state index contributed by atoms with van der Waals surface area (Å²) in [6.45, 7) is 0.456. The van der Waals surface area contributed by atoms with Crippen LogP contribution in [0.3, 0.4) is 0 Å². The number of carbonyl (C=O) groups excluding carboxylic acids is 1. The third kappa shape index (κ3) is 3.69. The molecule has 6 nitrogen and oxygen atoms in total. The van der Waals surface area contributed by atoms with E-state index in [0.29, 0.717) is 41.3 Å². The third-order valence-electron chi connectivity index (χ3n) is 5.58. The zero-order chi connectivity index (χ0) is 19.7. The summed E-state index contributed by atoms with van der Waals surface area (Å²) in [6, 6.07) is 6.97. The van der Waals surface area contributed by atoms with Crippen LogP contribution in [0.15, 0.2) is 47.3 Å². The van der Waals surface area contributed by atoms with Crippen LogP contribution in [0.5, 0.6) is 5.75 Å². The van der Waals surface area contributed by atoms with Crippen LogP contribution in [0.25, 0.3) is 11.3 Å². The fraction of sp³-hybridized carbons (Fsp3) is 0.381. The van der Waals surface area contributed by atoms with E-state index in [1.807, 2.05) is 0 Å². The van der Waals surface area contributed by atoms with E-state index in [1.165, 1.54) is 43.9 Å². The molecule has 4 rings (SSSR count). The normalized spacial score (nSPS) is 22.4. The number of allylic oxidation sites excluding steroid dienone is 2. The SMILES string of the molecule is COc1cc(F)ccc1-c1ccc(=O)n(CC(=O)NC[C@@H]2C[C@H]3C=C[C@@H]2C3)n1. The number of nitrogens with zero attached hydrogens (tertiary/aromatic N) is 2. The van der Waals surface area contributed by atoms with E-state index in [4.69, 9.17) is 4.74 Å². The zero-order valence-electron chi connectivity index (χ0n) is 15.6. The molecule has 0 radical (unpaired) electrons. The molecule has 0 aliphatic heterocycles. The number of methoxy groups -OCH3 is 1. The Hall–Kier alpha value is -2.96. The van der Waals surface area contributed by atoms with Gasteiger partial charge in [-0.15, -0.1) is 0 Å². The summed E-state index contributed by atoms with van der Waals surface area (Å²) in [6.07, 6.45) is 6.81. The van der Waals surface area contributed by atoms with E-state index in [1.54, 1.807) is 0 Å². The first-order valence-electron chi connectivity index (χ1n) is 9.40. The topological polar surface area (TPSA) is 73.2 Å². The first-order chi connectivity index (χ1) is 13.5. The van der Waals surface area contributed by atoms with E-state index in [0.717, 1.165) is 11.1 Å². The molecular formula is C21H22FN3O3. The van der Waals surface area contributed by atoms with E-state index in [9.17, 15) is 14.0 Å². The lowest BCUT2D eigenvalue weighted by atomic mass is 9.94. The minimum atomic E-state index is -0.427. The molecular weight excluding hydrogens is 361 g/mol. The lowest BCUT2D eigenvalue weighted by Gasteiger charge is -2.18. The van der Waals surface area contributed by atoms with Crippen LogP contribution < -0.4 is 15.6 Å². The van der Waals surface area contributed by atoms with Crippen LogP contribution in [0, 0.1) is 23.6 Å². The maximum Gasteiger partial charge on any atom is 0.267 e. The molecule has 1 heterocycles. The number of hydrogen-bond acceptors (Lipinski definition) is 4. The maximum atomic E-state index is 13.4. The molecule has 3 atom stereocenters. The summed E-state index contributed by atoms with van der Waals surface area (Å²) >= 11 is 0. The fourth-order valence-electron chi connectivity index (χ4n) is 4.15. The van der Waals surface area contributed by atoms with Gasteiger partial charge in [0.1, 0.15) is 18.1 Å². The second kappa shape index (κ2) is 7.58. The molecule has 1 N–H and O–H groups in total. The minimum Gasteiger partial charge on any atom is -0.496 e. The standard InChI is InChI=1S/C21H22FN3O3/c1-28-19-10-16(22)4-5-17(19)18-6-7-21(27)25(24-18)12-20(26)23-11-15-9-13-2-3-14(15)8-13/h2-7,10,13-15H,8-9,11-12H2,1H3,(H,23,26)/t13-,14+,15-/m0/s1. The minimum absolute atomic E-state index is 0.160. The van der Waals surface area contributed by atoms with E-state index >= 15 is 0 Å². The van der Waals surface area contributed by atoms with Crippen LogP contribution >= 0.6 is 0 Å². The van der Waals surface area contributed by atoms with Crippen molar-refractivity contribution in [3.8, 4) is 17.0 Å². The van der Waals surface area contributed by atoms with E-state index < -0.39 is 5.82 Å². The van der Waals surface area contributed by atoms with Crippen molar-refractivity contribution in [1.82, 2.24) is 15.1 Å². The third-order valence-corrected chi connectivity index (χ3v) is 5.58. The zero-order valence-corrected chi connectivity index (χ0v) is 15.6. The highest BCUT2D eigenvalue weighted by atomic mass is 19.1. The van der Waals surface area contributed by atoms with Gasteiger partial charge < -0.3 is 10.1 Å². The van der Waals surface area contributed by atoms with Crippen LogP contribution in [0.1, 0.15) is 12.8 Å². The number of aromatic nitrogens is 2. The summed E-state index contributed by atoms with van der Waals surface area (Å²) in [4.78, 5) is 24.5. The van der Waals surface area contributed by atoms with Gasteiger partial charge in [-0.2, -0.15) is 5.10 Å². The molecule has 2 aromatic rings. The van der Waals surface area contributed by atoms with Crippen molar-refractivity contribution in [3.63, 3.8) is 0 Å². The van der Waals surface area contributed by atoms with Gasteiger partial charge in [0.05, 0.1) is 12.8 Å². The largest absolute Gasteiger partial charge is 0.496 e. The Bertz CT molecular complexity index is 985. The number of benzene rings is 1. The number of hydrogen-bond donors (Lipinski definition) is 1. The Morgan fingerprint density at radius 1 is 1.29 bits per heavy atom. The Morgan fingerprint density at radius 2 is 2.14 bits per heavy atom. The Kier molecular flexibility index (Phi) is 4.98. The summed E-state index contributed by atoms with van der Waals surface area (Å²) in [7, 11) is 1.44. The van der Waals surface area contributed by atoms with Gasteiger partial charge in [0, 0.05) is 24.2 Å². The molecule has 2 aliphatic rings. The Labute approximate surface area is 162 Å². The maximum absolute atomic E-state index is 13.4. The highest BCUT2D eigenvalue weighted by Gasteiger charge is 2.35. The Morgan fingerprint density at radius 3 is 2.86 bits per heavy atom. The molecule has 1 saturated carbocycles. The number of rotatable bonds is 6. The average molecular weight is 383 g/mol. The second-order valence-corrected chi connectivity index (χ2v) is 7.40. The number of nitrogens with one attached hydrogen (secondary N) is 1. The first kappa shape index (κ1) is 18.4. The lowest BCUT2D eigenvalue weighted by Crippen LogP contribution is -2.36. The van der Waals surface area contributed by atoms with E-state index in [2.05, 4.69) is 22.6 Å². The Balaban J connectivity index is 1.46. The summed E-state index contributed by atoms with van der Waals surface area (Å²) < 4.78 is 19.7. The lowest BCUT2D eigenvalue weighted by molar-refractivity contribution is -0.122. The van der Waals surface area contributed by atoms with E-state index in [-0.39, 0.29) is 18.0 Å². The molecule has 1 aromatic carbocycles. The van der Waals surface area contributed by atoms with Gasteiger partial charge in [-0.05, 0) is 48.8 Å². The van der Waals surface area contributed by atoms with Gasteiger partial charge >= 0.3 is 0 Å². The number of fused-ring (bicyclic) bond motifs is 2. The van der Waals surface area contributed by atoms with Gasteiger partial charge in [-0.25, -0.2) is 9.07 Å². The van der Waals surface area contributed by atoms with Crippen LogP contribution in [-0.2, 0) is 11.3 Å². The van der Waals surface area contributed by atoms with Gasteiger partial charge in [0.25, 0.3) is 5.56 Å². The average Bonchev–Trinajstić information content (AvgIpc) is 3.31. The van der Waals surface area contributed by atoms with Gasteiger partial charge in [0.15, 0.2) is 0 Å². The molecule has 0 saturated heterocycles. The summed E-state index contributed by atoms with van der Waals surface area (Å²) in [5.41, 5.74) is 0.608. The highest BCUT2D eigenvalue weighted by Crippen LogP contribution is 2.42. The van der Waals surface area contributed by atoms with Crippen molar-refractivity contribution in [2.24, 2.45) is 17.8 Å². The van der Waals surface area contributed by atoms with Crippen LogP contribution in [0.4, 0.5) is 4.39 Å². The van der Waals surface area contributed by atoms with Crippen molar-refractivity contribution >= 4 is 5.91 Å². The summed E-state index contributed by atoms with van der Waals surface area (Å²) in [5.74, 6) is 1.32. The quantitative estimate of drug-likeness (QED) is 0.778. The predicted molar refractivity (Wildman–Crippen MR) is 102 cm³/mol. The first-order valence-corrected chi connectivity index (χ1v) is 9.40. The van der Waals surface area contributed by atoms with Crippen molar-refractivity contribution in [2.45, 2.75) is 19.4 Å². The molecule has 7 heteroatoms. The number of carbonyl (C=O) groups is 1. The molecule has 1 aromatic heterocycles.